The van der Waals surface area contributed by atoms with Gasteiger partial charge in [0.15, 0.2) is 17.1 Å². The van der Waals surface area contributed by atoms with Crippen LogP contribution >= 0.6 is 0 Å². The van der Waals surface area contributed by atoms with Gasteiger partial charge in [0.25, 0.3) is 0 Å². The molecule has 0 fully saturated rings. The van der Waals surface area contributed by atoms with Crippen molar-refractivity contribution in [2.24, 2.45) is 0 Å². The molecular weight excluding hydrogens is 368 g/mol. The van der Waals surface area contributed by atoms with Crippen molar-refractivity contribution in [3.8, 4) is 5.75 Å². The van der Waals surface area contributed by atoms with E-state index in [1.807, 2.05) is 48.5 Å². The van der Waals surface area contributed by atoms with Crippen molar-refractivity contribution < 1.29 is 19.1 Å². The molecule has 0 unspecified atom stereocenters. The van der Waals surface area contributed by atoms with Gasteiger partial charge in [0, 0.05) is 13.0 Å². The van der Waals surface area contributed by atoms with Crippen LogP contribution in [0.3, 0.4) is 0 Å². The highest BCUT2D eigenvalue weighted by molar-refractivity contribution is 5.76. The lowest BCUT2D eigenvalue weighted by atomic mass is 10.1. The van der Waals surface area contributed by atoms with Gasteiger partial charge in [0.2, 0.25) is 0 Å². The molecule has 0 spiro atoms. The molecule has 2 aromatic carbocycles. The molecule has 0 aliphatic heterocycles. The fourth-order valence-electron chi connectivity index (χ4n) is 2.98. The van der Waals surface area contributed by atoms with Crippen molar-refractivity contribution in [1.82, 2.24) is 10.3 Å². The first-order valence-electron chi connectivity index (χ1n) is 10.0. The molecule has 154 valence electrons. The number of aryl methyl sites for hydroxylation is 1. The minimum atomic E-state index is -1.24. The molecule has 6 nitrogen and oxygen atoms in total. The summed E-state index contributed by atoms with van der Waals surface area (Å²) in [6.45, 7) is 4.79. The lowest BCUT2D eigenvalue weighted by molar-refractivity contribution is -0.152. The maximum atomic E-state index is 11.1. The largest absolute Gasteiger partial charge is 0.478 e. The number of hydrogen-bond acceptors (Lipinski definition) is 5. The summed E-state index contributed by atoms with van der Waals surface area (Å²) in [5, 5.41) is 12.6. The zero-order chi connectivity index (χ0) is 20.7. The molecule has 1 aromatic heterocycles. The fourth-order valence-corrected chi connectivity index (χ4v) is 2.98. The van der Waals surface area contributed by atoms with Gasteiger partial charge in [-0.1, -0.05) is 30.7 Å². The van der Waals surface area contributed by atoms with Crippen LogP contribution < -0.4 is 10.1 Å². The highest BCUT2D eigenvalue weighted by Gasteiger charge is 2.29. The summed E-state index contributed by atoms with van der Waals surface area (Å²) in [5.74, 6) is 0.382. The molecular formula is C23H28N2O4. The molecule has 3 rings (SSSR count). The summed E-state index contributed by atoms with van der Waals surface area (Å²) >= 11 is 0. The van der Waals surface area contributed by atoms with E-state index in [-0.39, 0.29) is 0 Å². The standard InChI is InChI=1S/C23H28N2O4/c1-23(2,22(26)27)29-18-13-11-17(12-14-18)16-24-15-7-3-4-10-21-25-19-8-5-6-9-20(19)28-21/h5-6,8-9,11-14,24H,3-4,7,10,15-16H2,1-2H3,(H,26,27). The fraction of sp³-hybridized carbons (Fsp3) is 0.391. The van der Waals surface area contributed by atoms with E-state index < -0.39 is 11.6 Å². The van der Waals surface area contributed by atoms with E-state index in [2.05, 4.69) is 10.3 Å². The number of para-hydroxylation sites is 2. The second-order valence-corrected chi connectivity index (χ2v) is 7.62. The maximum Gasteiger partial charge on any atom is 0.347 e. The predicted molar refractivity (Wildman–Crippen MR) is 112 cm³/mol. The van der Waals surface area contributed by atoms with Crippen LogP contribution in [-0.2, 0) is 17.8 Å². The normalized spacial score (nSPS) is 11.7. The molecule has 0 amide bonds. The van der Waals surface area contributed by atoms with E-state index in [4.69, 9.17) is 14.3 Å². The number of aliphatic carboxylic acids is 1. The monoisotopic (exact) mass is 396 g/mol. The lowest BCUT2D eigenvalue weighted by Crippen LogP contribution is -2.37. The molecule has 0 atom stereocenters. The molecule has 0 aliphatic rings. The number of rotatable bonds is 11. The number of nitrogens with one attached hydrogen (secondary N) is 1. The van der Waals surface area contributed by atoms with Crippen molar-refractivity contribution in [3.05, 3.63) is 60.0 Å². The third-order valence-corrected chi connectivity index (χ3v) is 4.72. The SMILES string of the molecule is CC(C)(Oc1ccc(CNCCCCCc2nc3ccccc3o2)cc1)C(=O)O. The van der Waals surface area contributed by atoms with Crippen LogP contribution in [0.2, 0.25) is 0 Å². The lowest BCUT2D eigenvalue weighted by Gasteiger charge is -2.21. The highest BCUT2D eigenvalue weighted by atomic mass is 16.5. The van der Waals surface area contributed by atoms with Crippen LogP contribution in [0.1, 0.15) is 44.6 Å². The molecule has 0 saturated heterocycles. The van der Waals surface area contributed by atoms with E-state index in [9.17, 15) is 4.79 Å². The summed E-state index contributed by atoms with van der Waals surface area (Å²) in [7, 11) is 0. The van der Waals surface area contributed by atoms with E-state index >= 15 is 0 Å². The second-order valence-electron chi connectivity index (χ2n) is 7.62. The minimum absolute atomic E-state index is 0.556. The van der Waals surface area contributed by atoms with E-state index in [0.717, 1.165) is 61.3 Å². The maximum absolute atomic E-state index is 11.1. The van der Waals surface area contributed by atoms with E-state index in [0.29, 0.717) is 5.75 Å². The van der Waals surface area contributed by atoms with Gasteiger partial charge in [-0.3, -0.25) is 0 Å². The first-order chi connectivity index (χ1) is 13.9. The predicted octanol–water partition coefficient (Wildman–Crippen LogP) is 4.57. The number of nitrogens with zero attached hydrogens (tertiary/aromatic N) is 1. The van der Waals surface area contributed by atoms with Crippen LogP contribution in [-0.4, -0.2) is 28.2 Å². The zero-order valence-electron chi connectivity index (χ0n) is 17.0. The molecule has 3 aromatic rings. The number of aromatic nitrogens is 1. The molecule has 29 heavy (non-hydrogen) atoms. The number of carboxylic acids is 1. The van der Waals surface area contributed by atoms with Gasteiger partial charge in [-0.05, 0) is 63.1 Å². The number of ether oxygens (including phenoxy) is 1. The number of unbranched alkanes of at least 4 members (excludes halogenated alkanes) is 2. The van der Waals surface area contributed by atoms with Crippen molar-refractivity contribution in [2.45, 2.75) is 51.7 Å². The van der Waals surface area contributed by atoms with Crippen LogP contribution in [0.5, 0.6) is 5.75 Å². The Morgan fingerprint density at radius 3 is 2.59 bits per heavy atom. The molecule has 2 N–H and O–H groups in total. The Kier molecular flexibility index (Phi) is 6.88. The summed E-state index contributed by atoms with van der Waals surface area (Å²) in [6, 6.07) is 15.4. The summed E-state index contributed by atoms with van der Waals surface area (Å²) in [6.07, 6.45) is 4.12. The highest BCUT2D eigenvalue weighted by Crippen LogP contribution is 2.19. The molecule has 0 aliphatic carbocycles. The molecule has 0 saturated carbocycles. The Bertz CT molecular complexity index is 898. The van der Waals surface area contributed by atoms with Crippen molar-refractivity contribution in [1.29, 1.82) is 0 Å². The smallest absolute Gasteiger partial charge is 0.347 e. The molecule has 0 bridgehead atoms. The number of carboxylic acid groups (broad SMARTS) is 1. The van der Waals surface area contributed by atoms with Gasteiger partial charge in [0.1, 0.15) is 11.3 Å². The van der Waals surface area contributed by atoms with Gasteiger partial charge in [-0.15, -0.1) is 0 Å². The van der Waals surface area contributed by atoms with Crippen LogP contribution in [0.4, 0.5) is 0 Å². The van der Waals surface area contributed by atoms with Gasteiger partial charge < -0.3 is 19.6 Å². The minimum Gasteiger partial charge on any atom is -0.478 e. The van der Waals surface area contributed by atoms with Gasteiger partial charge in [-0.25, -0.2) is 9.78 Å². The number of carbonyl (C=O) groups is 1. The Labute approximate surface area is 170 Å². The van der Waals surface area contributed by atoms with Gasteiger partial charge in [-0.2, -0.15) is 0 Å². The zero-order valence-corrected chi connectivity index (χ0v) is 17.0. The number of benzene rings is 2. The first kappa shape index (κ1) is 20.9. The number of fused-ring (bicyclic) bond motifs is 1. The van der Waals surface area contributed by atoms with Gasteiger partial charge >= 0.3 is 5.97 Å². The van der Waals surface area contributed by atoms with Crippen molar-refractivity contribution in [3.63, 3.8) is 0 Å². The first-order valence-corrected chi connectivity index (χ1v) is 10.0. The third kappa shape index (κ3) is 6.06. The number of hydrogen-bond donors (Lipinski definition) is 2. The Hall–Kier alpha value is -2.86. The molecule has 0 radical (unpaired) electrons. The second kappa shape index (κ2) is 9.56. The van der Waals surface area contributed by atoms with Crippen LogP contribution in [0.15, 0.2) is 52.9 Å². The summed E-state index contributed by atoms with van der Waals surface area (Å²) < 4.78 is 11.2. The average Bonchev–Trinajstić information content (AvgIpc) is 3.11. The quantitative estimate of drug-likeness (QED) is 0.462. The van der Waals surface area contributed by atoms with E-state index in [1.54, 1.807) is 0 Å². The Morgan fingerprint density at radius 2 is 1.86 bits per heavy atom. The van der Waals surface area contributed by atoms with Crippen molar-refractivity contribution in [2.75, 3.05) is 6.54 Å². The Balaban J connectivity index is 1.31. The van der Waals surface area contributed by atoms with Gasteiger partial charge in [0.05, 0.1) is 0 Å². The Morgan fingerprint density at radius 1 is 1.10 bits per heavy atom. The summed E-state index contributed by atoms with van der Waals surface area (Å²) in [5.41, 5.74) is 1.67. The number of oxazole rings is 1. The van der Waals surface area contributed by atoms with E-state index in [1.165, 1.54) is 13.8 Å². The summed E-state index contributed by atoms with van der Waals surface area (Å²) in [4.78, 5) is 15.6. The van der Waals surface area contributed by atoms with Crippen LogP contribution in [0, 0.1) is 0 Å². The van der Waals surface area contributed by atoms with Crippen molar-refractivity contribution >= 4 is 17.1 Å². The molecule has 6 heteroatoms. The average molecular weight is 396 g/mol. The molecule has 1 heterocycles. The third-order valence-electron chi connectivity index (χ3n) is 4.72. The topological polar surface area (TPSA) is 84.6 Å². The van der Waals surface area contributed by atoms with Crippen LogP contribution in [0.25, 0.3) is 11.1 Å².